The molecule has 24 heavy (non-hydrogen) atoms. The van der Waals surface area contributed by atoms with Crippen molar-refractivity contribution in [3.8, 4) is 5.69 Å². The average Bonchev–Trinajstić information content (AvgIpc) is 3.03. The number of hydrogen-bond acceptors (Lipinski definition) is 3. The van der Waals surface area contributed by atoms with E-state index in [0.29, 0.717) is 23.2 Å². The third kappa shape index (κ3) is 3.39. The zero-order valence-corrected chi connectivity index (χ0v) is 14.3. The van der Waals surface area contributed by atoms with Gasteiger partial charge in [0.25, 0.3) is 0 Å². The second kappa shape index (κ2) is 7.23. The lowest BCUT2D eigenvalue weighted by Gasteiger charge is -2.38. The van der Waals surface area contributed by atoms with Crippen LogP contribution in [0, 0.1) is 5.92 Å². The third-order valence-corrected chi connectivity index (χ3v) is 4.82. The molecule has 2 amide bonds. The van der Waals surface area contributed by atoms with Crippen LogP contribution in [0.5, 0.6) is 0 Å². The van der Waals surface area contributed by atoms with Gasteiger partial charge in [0.15, 0.2) is 0 Å². The van der Waals surface area contributed by atoms with Gasteiger partial charge in [-0.15, -0.1) is 0 Å². The van der Waals surface area contributed by atoms with Crippen LogP contribution >= 0.6 is 11.6 Å². The minimum atomic E-state index is -0.209. The summed E-state index contributed by atoms with van der Waals surface area (Å²) < 4.78 is 1.63. The van der Waals surface area contributed by atoms with E-state index in [0.717, 1.165) is 18.5 Å². The van der Waals surface area contributed by atoms with Crippen LogP contribution in [0.4, 0.5) is 10.5 Å². The van der Waals surface area contributed by atoms with Gasteiger partial charge in [-0.3, -0.25) is 0 Å². The van der Waals surface area contributed by atoms with Crippen molar-refractivity contribution >= 4 is 23.3 Å². The van der Waals surface area contributed by atoms with Crippen LogP contribution in [0.25, 0.3) is 5.69 Å². The SMILES string of the molecule is CC1CCCN(C(=O)Nc2cnn(-c3ccccc3Cl)c2)C1CO. The topological polar surface area (TPSA) is 70.4 Å². The maximum absolute atomic E-state index is 12.5. The number of nitrogens with one attached hydrogen (secondary N) is 1. The number of hydrogen-bond donors (Lipinski definition) is 2. The molecule has 0 spiro atoms. The highest BCUT2D eigenvalue weighted by Crippen LogP contribution is 2.24. The molecule has 0 saturated carbocycles. The molecule has 0 bridgehead atoms. The molecule has 0 aliphatic carbocycles. The number of nitrogens with zero attached hydrogens (tertiary/aromatic N) is 3. The molecule has 1 fully saturated rings. The highest BCUT2D eigenvalue weighted by molar-refractivity contribution is 6.32. The Bertz CT molecular complexity index is 718. The Hall–Kier alpha value is -2.05. The highest BCUT2D eigenvalue weighted by atomic mass is 35.5. The summed E-state index contributed by atoms with van der Waals surface area (Å²) in [4.78, 5) is 14.2. The van der Waals surface area contributed by atoms with Crippen molar-refractivity contribution in [1.82, 2.24) is 14.7 Å². The third-order valence-electron chi connectivity index (χ3n) is 4.50. The van der Waals surface area contributed by atoms with Crippen LogP contribution < -0.4 is 5.32 Å². The minimum Gasteiger partial charge on any atom is -0.394 e. The number of anilines is 1. The van der Waals surface area contributed by atoms with Crippen LogP contribution in [0.3, 0.4) is 0 Å². The standard InChI is InChI=1S/C17H21ClN4O2/c1-12-5-4-8-21(16(12)11-23)17(24)20-13-9-19-22(10-13)15-7-3-2-6-14(15)18/h2-3,6-7,9-10,12,16,23H,4-5,8,11H2,1H3,(H,20,24). The average molecular weight is 349 g/mol. The summed E-state index contributed by atoms with van der Waals surface area (Å²) in [5.74, 6) is 0.292. The Morgan fingerprint density at radius 3 is 3.00 bits per heavy atom. The van der Waals surface area contributed by atoms with E-state index in [1.165, 1.54) is 0 Å². The van der Waals surface area contributed by atoms with Crippen molar-refractivity contribution in [1.29, 1.82) is 0 Å². The number of urea groups is 1. The van der Waals surface area contributed by atoms with Crippen LogP contribution in [0.1, 0.15) is 19.8 Å². The second-order valence-electron chi connectivity index (χ2n) is 6.12. The zero-order chi connectivity index (χ0) is 17.1. The molecule has 3 rings (SSSR count). The van der Waals surface area contributed by atoms with E-state index in [9.17, 15) is 9.90 Å². The number of benzene rings is 1. The number of carbonyl (C=O) groups excluding carboxylic acids is 1. The molecule has 1 aromatic heterocycles. The number of carbonyl (C=O) groups is 1. The summed E-state index contributed by atoms with van der Waals surface area (Å²) in [5, 5.41) is 17.3. The molecular formula is C17H21ClN4O2. The number of likely N-dealkylation sites (tertiary alicyclic amines) is 1. The number of piperidine rings is 1. The molecule has 2 unspecified atom stereocenters. The second-order valence-corrected chi connectivity index (χ2v) is 6.53. The minimum absolute atomic E-state index is 0.0204. The van der Waals surface area contributed by atoms with Crippen molar-refractivity contribution in [2.75, 3.05) is 18.5 Å². The van der Waals surface area contributed by atoms with Gasteiger partial charge in [-0.25, -0.2) is 9.48 Å². The smallest absolute Gasteiger partial charge is 0.322 e. The molecular weight excluding hydrogens is 328 g/mol. The zero-order valence-electron chi connectivity index (χ0n) is 13.5. The van der Waals surface area contributed by atoms with E-state index in [1.807, 2.05) is 18.2 Å². The first kappa shape index (κ1) is 16.8. The first-order valence-electron chi connectivity index (χ1n) is 8.08. The summed E-state index contributed by atoms with van der Waals surface area (Å²) in [6.45, 7) is 2.70. The quantitative estimate of drug-likeness (QED) is 0.895. The Morgan fingerprint density at radius 2 is 2.25 bits per heavy atom. The normalized spacial score (nSPS) is 20.9. The van der Waals surface area contributed by atoms with Crippen molar-refractivity contribution < 1.29 is 9.90 Å². The Morgan fingerprint density at radius 1 is 1.46 bits per heavy atom. The number of halogens is 1. The fourth-order valence-corrected chi connectivity index (χ4v) is 3.35. The van der Waals surface area contributed by atoms with E-state index < -0.39 is 0 Å². The Labute approximate surface area is 146 Å². The van der Waals surface area contributed by atoms with E-state index in [2.05, 4.69) is 17.3 Å². The van der Waals surface area contributed by atoms with E-state index in [-0.39, 0.29) is 18.7 Å². The Balaban J connectivity index is 1.72. The van der Waals surface area contributed by atoms with Crippen LogP contribution in [-0.2, 0) is 0 Å². The van der Waals surface area contributed by atoms with E-state index in [1.54, 1.807) is 28.0 Å². The van der Waals surface area contributed by atoms with E-state index >= 15 is 0 Å². The lowest BCUT2D eigenvalue weighted by atomic mass is 9.91. The molecule has 2 N–H and O–H groups in total. The predicted molar refractivity (Wildman–Crippen MR) is 93.6 cm³/mol. The molecule has 2 atom stereocenters. The number of amides is 2. The predicted octanol–water partition coefficient (Wildman–Crippen LogP) is 3.15. The summed E-state index contributed by atoms with van der Waals surface area (Å²) in [6, 6.07) is 7.02. The first-order chi connectivity index (χ1) is 11.6. The van der Waals surface area contributed by atoms with Crippen LogP contribution in [0.15, 0.2) is 36.7 Å². The fourth-order valence-electron chi connectivity index (χ4n) is 3.13. The molecule has 1 saturated heterocycles. The largest absolute Gasteiger partial charge is 0.394 e. The lowest BCUT2D eigenvalue weighted by molar-refractivity contribution is 0.0811. The maximum Gasteiger partial charge on any atom is 0.322 e. The first-order valence-corrected chi connectivity index (χ1v) is 8.46. The summed E-state index contributed by atoms with van der Waals surface area (Å²) >= 11 is 6.17. The van der Waals surface area contributed by atoms with Gasteiger partial charge in [-0.05, 0) is 30.9 Å². The monoisotopic (exact) mass is 348 g/mol. The molecule has 128 valence electrons. The molecule has 1 aromatic carbocycles. The van der Waals surface area contributed by atoms with Gasteiger partial charge in [0.1, 0.15) is 0 Å². The fraction of sp³-hybridized carbons (Fsp3) is 0.412. The van der Waals surface area contributed by atoms with Gasteiger partial charge >= 0.3 is 6.03 Å². The number of para-hydroxylation sites is 1. The molecule has 1 aliphatic heterocycles. The Kier molecular flexibility index (Phi) is 5.06. The van der Waals surface area contributed by atoms with Gasteiger partial charge < -0.3 is 15.3 Å². The highest BCUT2D eigenvalue weighted by Gasteiger charge is 2.31. The summed E-state index contributed by atoms with van der Waals surface area (Å²) in [5.41, 5.74) is 1.34. The van der Waals surface area contributed by atoms with Crippen molar-refractivity contribution in [2.24, 2.45) is 5.92 Å². The van der Waals surface area contributed by atoms with Crippen molar-refractivity contribution in [3.63, 3.8) is 0 Å². The number of rotatable bonds is 3. The van der Waals surface area contributed by atoms with Gasteiger partial charge in [-0.2, -0.15) is 5.10 Å². The number of aliphatic hydroxyl groups excluding tert-OH is 1. The van der Waals surface area contributed by atoms with Crippen molar-refractivity contribution in [3.05, 3.63) is 41.7 Å². The molecule has 2 aromatic rings. The van der Waals surface area contributed by atoms with Gasteiger partial charge in [0, 0.05) is 6.54 Å². The van der Waals surface area contributed by atoms with Gasteiger partial charge in [-0.1, -0.05) is 30.7 Å². The number of aliphatic hydroxyl groups is 1. The molecule has 6 nitrogen and oxygen atoms in total. The van der Waals surface area contributed by atoms with Crippen LogP contribution in [0.2, 0.25) is 5.02 Å². The van der Waals surface area contributed by atoms with Crippen LogP contribution in [-0.4, -0.2) is 45.0 Å². The van der Waals surface area contributed by atoms with Crippen molar-refractivity contribution in [2.45, 2.75) is 25.8 Å². The molecule has 2 heterocycles. The molecule has 1 aliphatic rings. The maximum atomic E-state index is 12.5. The molecule has 7 heteroatoms. The van der Waals surface area contributed by atoms with E-state index in [4.69, 9.17) is 11.6 Å². The number of aromatic nitrogens is 2. The van der Waals surface area contributed by atoms with Gasteiger partial charge in [0.05, 0.1) is 41.4 Å². The summed E-state index contributed by atoms with van der Waals surface area (Å²) in [6.07, 6.45) is 5.28. The molecule has 0 radical (unpaired) electrons. The lowest BCUT2D eigenvalue weighted by Crippen LogP contribution is -2.51. The summed E-state index contributed by atoms with van der Waals surface area (Å²) in [7, 11) is 0. The van der Waals surface area contributed by atoms with Gasteiger partial charge in [0.2, 0.25) is 0 Å².